The highest BCUT2D eigenvalue weighted by Crippen LogP contribution is 2.31. The van der Waals surface area contributed by atoms with Crippen molar-refractivity contribution in [3.63, 3.8) is 0 Å². The van der Waals surface area contributed by atoms with Crippen LogP contribution in [-0.2, 0) is 17.2 Å². The van der Waals surface area contributed by atoms with Gasteiger partial charge in [-0.05, 0) is 67.1 Å². The Labute approximate surface area is 252 Å². The molecule has 7 rings (SSSR count). The molecule has 0 aliphatic heterocycles. The molecule has 214 valence electrons. The van der Waals surface area contributed by atoms with Gasteiger partial charge in [0.2, 0.25) is 0 Å². The van der Waals surface area contributed by atoms with Crippen molar-refractivity contribution in [2.75, 3.05) is 0 Å². The van der Waals surface area contributed by atoms with Crippen molar-refractivity contribution in [2.24, 2.45) is 7.05 Å². The van der Waals surface area contributed by atoms with Crippen LogP contribution in [0, 0.1) is 6.92 Å². The van der Waals surface area contributed by atoms with Gasteiger partial charge in [-0.1, -0.05) is 59.6 Å². The number of fused-ring (bicyclic) bond motifs is 4. The molecule has 0 unspecified atom stereocenters. The Balaban J connectivity index is 0.000000254. The number of rotatable bonds is 3. The summed E-state index contributed by atoms with van der Waals surface area (Å²) in [5.41, 5.74) is 6.89. The molecule has 0 saturated carbocycles. The summed E-state index contributed by atoms with van der Waals surface area (Å²) in [6.07, 6.45) is 3.63. The molecule has 0 aliphatic rings. The van der Waals surface area contributed by atoms with Gasteiger partial charge in [0, 0.05) is 34.6 Å². The molecule has 10 heteroatoms. The Morgan fingerprint density at radius 1 is 0.791 bits per heavy atom. The van der Waals surface area contributed by atoms with Crippen LogP contribution >= 0.6 is 11.6 Å². The molecule has 0 aliphatic carbocycles. The predicted octanol–water partition coefficient (Wildman–Crippen LogP) is 6.99. The van der Waals surface area contributed by atoms with E-state index in [1.807, 2.05) is 55.6 Å². The van der Waals surface area contributed by atoms with Crippen LogP contribution in [0.2, 0.25) is 5.02 Å². The van der Waals surface area contributed by atoms with E-state index in [-0.39, 0.29) is 10.6 Å². The fourth-order valence-corrected chi connectivity index (χ4v) is 5.64. The largest absolute Gasteiger partial charge is 0.333 e. The van der Waals surface area contributed by atoms with Crippen molar-refractivity contribution in [3.05, 3.63) is 131 Å². The molecule has 0 fully saturated rings. The zero-order chi connectivity index (χ0) is 30.3. The monoisotopic (exact) mass is 608 g/mol. The van der Waals surface area contributed by atoms with Crippen LogP contribution in [0.3, 0.4) is 0 Å². The topological polar surface area (TPSA) is 107 Å². The van der Waals surface area contributed by atoms with Crippen molar-refractivity contribution in [1.29, 1.82) is 0 Å². The lowest BCUT2D eigenvalue weighted by Crippen LogP contribution is -2.20. The van der Waals surface area contributed by atoms with Crippen molar-refractivity contribution in [3.8, 4) is 16.8 Å². The van der Waals surface area contributed by atoms with E-state index in [1.165, 1.54) is 12.1 Å². The van der Waals surface area contributed by atoms with E-state index in [9.17, 15) is 13.2 Å². The summed E-state index contributed by atoms with van der Waals surface area (Å²) in [6.45, 7) is 1.84. The van der Waals surface area contributed by atoms with Gasteiger partial charge in [0.1, 0.15) is 0 Å². The number of hydrogen-bond acceptors (Lipinski definition) is 5. The van der Waals surface area contributed by atoms with E-state index in [2.05, 4.69) is 28.2 Å². The Bertz CT molecular complexity index is 2330. The average Bonchev–Trinajstić information content (AvgIpc) is 3.26. The van der Waals surface area contributed by atoms with Crippen LogP contribution < -0.4 is 5.69 Å². The highest BCUT2D eigenvalue weighted by Gasteiger charge is 2.17. The van der Waals surface area contributed by atoms with E-state index in [4.69, 9.17) is 16.2 Å². The zero-order valence-corrected chi connectivity index (χ0v) is 24.7. The Morgan fingerprint density at radius 2 is 1.53 bits per heavy atom. The summed E-state index contributed by atoms with van der Waals surface area (Å²) in [7, 11) is -2.26. The van der Waals surface area contributed by atoms with Gasteiger partial charge < -0.3 is 0 Å². The molecule has 1 N–H and O–H groups in total. The van der Waals surface area contributed by atoms with Crippen LogP contribution in [-0.4, -0.2) is 32.1 Å². The summed E-state index contributed by atoms with van der Waals surface area (Å²) < 4.78 is 32.9. The van der Waals surface area contributed by atoms with Gasteiger partial charge in [-0.25, -0.2) is 4.79 Å². The second-order valence-corrected chi connectivity index (χ2v) is 11.9. The quantitative estimate of drug-likeness (QED) is 0.217. The first-order chi connectivity index (χ1) is 20.6. The van der Waals surface area contributed by atoms with Crippen LogP contribution in [0.5, 0.6) is 0 Å². The third-order valence-electron chi connectivity index (χ3n) is 7.19. The van der Waals surface area contributed by atoms with Gasteiger partial charge in [0.15, 0.2) is 0 Å². The normalized spacial score (nSPS) is 11.5. The Morgan fingerprint density at radius 3 is 2.28 bits per heavy atom. The standard InChI is InChI=1S/C26H17ClN4O.C7H8O3S/c1-30-24-15-29-23-10-9-16(18-11-17-5-2-3-8-22(17)28-14-18)12-21(23)25(24)31(26(30)32)20-7-4-6-19(27)13-20;1-6-2-4-7(5-3-6)11(8,9)10/h2-15H,1H3;2-5H,1H3,(H,8,9,10). The van der Waals surface area contributed by atoms with Crippen LogP contribution in [0.1, 0.15) is 5.56 Å². The number of aryl methyl sites for hydroxylation is 2. The summed E-state index contributed by atoms with van der Waals surface area (Å²) in [5.74, 6) is 0. The molecule has 8 nitrogen and oxygen atoms in total. The highest BCUT2D eigenvalue weighted by atomic mass is 35.5. The number of hydrogen-bond donors (Lipinski definition) is 1. The highest BCUT2D eigenvalue weighted by molar-refractivity contribution is 7.85. The second kappa shape index (κ2) is 11.1. The van der Waals surface area contributed by atoms with Gasteiger partial charge in [-0.3, -0.25) is 23.7 Å². The molecular formula is C33H25ClN4O4S. The molecule has 0 bridgehead atoms. The molecule has 0 amide bonds. The molecule has 7 aromatic rings. The smallest absolute Gasteiger partial charge is 0.293 e. The average molecular weight is 609 g/mol. The number of halogens is 1. The lowest BCUT2D eigenvalue weighted by molar-refractivity contribution is 0.483. The lowest BCUT2D eigenvalue weighted by atomic mass is 10.0. The minimum Gasteiger partial charge on any atom is -0.293 e. The minimum atomic E-state index is -4.02. The third kappa shape index (κ3) is 5.53. The van der Waals surface area contributed by atoms with Crippen LogP contribution in [0.25, 0.3) is 49.7 Å². The maximum absolute atomic E-state index is 13.2. The third-order valence-corrected chi connectivity index (χ3v) is 8.30. The van der Waals surface area contributed by atoms with Crippen molar-refractivity contribution in [1.82, 2.24) is 19.1 Å². The summed E-state index contributed by atoms with van der Waals surface area (Å²) in [5, 5.41) is 2.55. The van der Waals surface area contributed by atoms with Crippen molar-refractivity contribution in [2.45, 2.75) is 11.8 Å². The molecule has 3 aromatic heterocycles. The molecule has 0 atom stereocenters. The number of imidazole rings is 1. The first-order valence-electron chi connectivity index (χ1n) is 13.3. The minimum absolute atomic E-state index is 0.0666. The first kappa shape index (κ1) is 28.3. The van der Waals surface area contributed by atoms with E-state index in [0.29, 0.717) is 5.02 Å². The fraction of sp³-hybridized carbons (Fsp3) is 0.0606. The summed E-state index contributed by atoms with van der Waals surface area (Å²) in [4.78, 5) is 22.3. The van der Waals surface area contributed by atoms with Crippen LogP contribution in [0.15, 0.2) is 119 Å². The van der Waals surface area contributed by atoms with Gasteiger partial charge in [-0.15, -0.1) is 0 Å². The second-order valence-electron chi connectivity index (χ2n) is 10.1. The Kier molecular flexibility index (Phi) is 7.31. The number of aromatic nitrogens is 4. The SMILES string of the molecule is Cc1ccc(S(=O)(=O)O)cc1.Cn1c(=O)n(-c2cccc(Cl)c2)c2c3cc(-c4cnc5ccccc5c4)ccc3ncc21. The van der Waals surface area contributed by atoms with Gasteiger partial charge >= 0.3 is 5.69 Å². The maximum Gasteiger partial charge on any atom is 0.333 e. The fourth-order valence-electron chi connectivity index (χ4n) is 4.97. The molecule has 43 heavy (non-hydrogen) atoms. The van der Waals surface area contributed by atoms with E-state index < -0.39 is 10.1 Å². The molecule has 0 saturated heterocycles. The van der Waals surface area contributed by atoms with Gasteiger partial charge in [-0.2, -0.15) is 8.42 Å². The molecule has 0 spiro atoms. The number of pyridine rings is 2. The maximum atomic E-state index is 13.2. The molecular weight excluding hydrogens is 584 g/mol. The van der Waals surface area contributed by atoms with E-state index in [1.54, 1.807) is 46.6 Å². The van der Waals surface area contributed by atoms with E-state index in [0.717, 1.165) is 55.2 Å². The van der Waals surface area contributed by atoms with Crippen molar-refractivity contribution < 1.29 is 13.0 Å². The number of nitrogens with zero attached hydrogens (tertiary/aromatic N) is 4. The predicted molar refractivity (Wildman–Crippen MR) is 171 cm³/mol. The zero-order valence-electron chi connectivity index (χ0n) is 23.1. The summed E-state index contributed by atoms with van der Waals surface area (Å²) in [6, 6.07) is 29.6. The number of para-hydroxylation sites is 1. The molecule has 3 heterocycles. The van der Waals surface area contributed by atoms with Gasteiger partial charge in [0.25, 0.3) is 10.1 Å². The molecule has 0 radical (unpaired) electrons. The van der Waals surface area contributed by atoms with Crippen molar-refractivity contribution >= 4 is 54.6 Å². The lowest BCUT2D eigenvalue weighted by Gasteiger charge is -2.09. The first-order valence-corrected chi connectivity index (χ1v) is 15.1. The summed E-state index contributed by atoms with van der Waals surface area (Å²) >= 11 is 6.23. The number of benzene rings is 4. The Hall–Kier alpha value is -4.83. The van der Waals surface area contributed by atoms with Crippen LogP contribution in [0.4, 0.5) is 0 Å². The van der Waals surface area contributed by atoms with Gasteiger partial charge in [0.05, 0.1) is 38.8 Å². The molecule has 4 aromatic carbocycles. The van der Waals surface area contributed by atoms with E-state index >= 15 is 0 Å².